The van der Waals surface area contributed by atoms with Gasteiger partial charge in [0.2, 0.25) is 5.91 Å². The van der Waals surface area contributed by atoms with Crippen LogP contribution in [0.25, 0.3) is 10.8 Å². The van der Waals surface area contributed by atoms with Gasteiger partial charge in [0, 0.05) is 19.6 Å². The minimum absolute atomic E-state index is 0.00144. The van der Waals surface area contributed by atoms with Crippen LogP contribution >= 0.6 is 11.3 Å². The lowest BCUT2D eigenvalue weighted by molar-refractivity contribution is -0.140. The molecule has 2 aromatic heterocycles. The van der Waals surface area contributed by atoms with Crippen LogP contribution in [0.2, 0.25) is 0 Å². The van der Waals surface area contributed by atoms with Gasteiger partial charge < -0.3 is 19.6 Å². The number of ether oxygens (including phenoxy) is 1. The number of thiophene rings is 1. The van der Waals surface area contributed by atoms with Crippen molar-refractivity contribution in [3.63, 3.8) is 0 Å². The predicted molar refractivity (Wildman–Crippen MR) is 91.9 cm³/mol. The summed E-state index contributed by atoms with van der Waals surface area (Å²) < 4.78 is 11.5. The first-order chi connectivity index (χ1) is 12.5. The van der Waals surface area contributed by atoms with Crippen LogP contribution in [0.15, 0.2) is 26.7 Å². The van der Waals surface area contributed by atoms with Gasteiger partial charge in [0.1, 0.15) is 0 Å². The summed E-state index contributed by atoms with van der Waals surface area (Å²) in [6, 6.07) is 3.61. The number of aromatic nitrogens is 2. The molecule has 3 rings (SSSR count). The molecule has 2 N–H and O–H groups in total. The zero-order chi connectivity index (χ0) is 18.6. The minimum atomic E-state index is -0.972. The second-order valence-electron chi connectivity index (χ2n) is 6.13. The molecule has 1 amide bonds. The van der Waals surface area contributed by atoms with E-state index in [4.69, 9.17) is 14.3 Å². The summed E-state index contributed by atoms with van der Waals surface area (Å²) in [5.41, 5.74) is -0.807. The molecule has 3 heterocycles. The second-order valence-corrected chi connectivity index (χ2v) is 7.08. The van der Waals surface area contributed by atoms with Crippen molar-refractivity contribution in [1.82, 2.24) is 15.1 Å². The normalized spacial score (nSPS) is 16.3. The van der Waals surface area contributed by atoms with E-state index in [9.17, 15) is 14.4 Å². The van der Waals surface area contributed by atoms with Crippen LogP contribution in [0.5, 0.6) is 0 Å². The fourth-order valence-electron chi connectivity index (χ4n) is 2.91. The standard InChI is InChI=1S/C16H19N3O6S/c20-12(17-16(10-13(21)22)4-7-24-8-5-16)3-6-19-15(23)25-14(18-19)11-2-1-9-26-11/h1-2,9H,3-8,10H2,(H,17,20)(H,21,22). The van der Waals surface area contributed by atoms with Crippen LogP contribution in [0, 0.1) is 0 Å². The highest BCUT2D eigenvalue weighted by Crippen LogP contribution is 2.25. The van der Waals surface area contributed by atoms with Gasteiger partial charge in [-0.15, -0.1) is 16.4 Å². The molecule has 140 valence electrons. The van der Waals surface area contributed by atoms with Gasteiger partial charge in [0.25, 0.3) is 5.89 Å². The zero-order valence-corrected chi connectivity index (χ0v) is 14.8. The Morgan fingerprint density at radius 3 is 2.81 bits per heavy atom. The molecule has 0 aliphatic carbocycles. The van der Waals surface area contributed by atoms with Crippen molar-refractivity contribution in [2.75, 3.05) is 13.2 Å². The van der Waals surface area contributed by atoms with Crippen LogP contribution in [-0.4, -0.2) is 45.5 Å². The fourth-order valence-corrected chi connectivity index (χ4v) is 3.55. The summed E-state index contributed by atoms with van der Waals surface area (Å²) in [7, 11) is 0. The van der Waals surface area contributed by atoms with Gasteiger partial charge in [-0.1, -0.05) is 6.07 Å². The lowest BCUT2D eigenvalue weighted by atomic mass is 9.86. The molecule has 1 aliphatic rings. The summed E-state index contributed by atoms with van der Waals surface area (Å²) in [5.74, 6) is -1.72. The van der Waals surface area contributed by atoms with E-state index in [0.717, 1.165) is 9.56 Å². The molecule has 1 aliphatic heterocycles. The molecule has 0 radical (unpaired) electrons. The van der Waals surface area contributed by atoms with E-state index in [1.807, 2.05) is 11.4 Å². The van der Waals surface area contributed by atoms with Crippen LogP contribution < -0.4 is 11.1 Å². The lowest BCUT2D eigenvalue weighted by Gasteiger charge is -2.36. The number of hydrogen-bond acceptors (Lipinski definition) is 7. The monoisotopic (exact) mass is 381 g/mol. The van der Waals surface area contributed by atoms with E-state index in [2.05, 4.69) is 10.4 Å². The van der Waals surface area contributed by atoms with E-state index in [0.29, 0.717) is 26.1 Å². The summed E-state index contributed by atoms with van der Waals surface area (Å²) >= 11 is 1.40. The third kappa shape index (κ3) is 4.38. The Bertz CT molecular complexity index is 819. The van der Waals surface area contributed by atoms with Gasteiger partial charge in [-0.3, -0.25) is 9.59 Å². The number of hydrogen-bond donors (Lipinski definition) is 2. The Labute approximate surface area is 152 Å². The molecule has 0 saturated carbocycles. The van der Waals surface area contributed by atoms with Crippen LogP contribution in [0.4, 0.5) is 0 Å². The third-order valence-corrected chi connectivity index (χ3v) is 5.09. The topological polar surface area (TPSA) is 124 Å². The van der Waals surface area contributed by atoms with Crippen LogP contribution in [0.3, 0.4) is 0 Å². The number of carbonyl (C=O) groups excluding carboxylic acids is 1. The molecule has 0 unspecified atom stereocenters. The first-order valence-corrected chi connectivity index (χ1v) is 9.08. The Balaban J connectivity index is 1.61. The highest BCUT2D eigenvalue weighted by molar-refractivity contribution is 7.13. The number of carboxylic acids is 1. The molecular weight excluding hydrogens is 362 g/mol. The van der Waals surface area contributed by atoms with Crippen molar-refractivity contribution in [2.45, 2.75) is 37.8 Å². The smallest absolute Gasteiger partial charge is 0.437 e. The number of nitrogens with zero attached hydrogens (tertiary/aromatic N) is 2. The van der Waals surface area contributed by atoms with Gasteiger partial charge in [-0.05, 0) is 24.3 Å². The number of nitrogens with one attached hydrogen (secondary N) is 1. The first kappa shape index (κ1) is 18.3. The number of aliphatic carboxylic acids is 1. The molecule has 26 heavy (non-hydrogen) atoms. The fraction of sp³-hybridized carbons (Fsp3) is 0.500. The summed E-state index contributed by atoms with van der Waals surface area (Å²) in [5, 5.41) is 17.9. The maximum Gasteiger partial charge on any atom is 0.437 e. The number of amides is 1. The number of aryl methyl sites for hydroxylation is 1. The van der Waals surface area contributed by atoms with E-state index >= 15 is 0 Å². The van der Waals surface area contributed by atoms with Crippen LogP contribution in [-0.2, 0) is 20.9 Å². The van der Waals surface area contributed by atoms with E-state index < -0.39 is 17.3 Å². The molecule has 0 spiro atoms. The zero-order valence-electron chi connectivity index (χ0n) is 14.0. The van der Waals surface area contributed by atoms with Crippen molar-refractivity contribution >= 4 is 23.2 Å². The molecule has 0 aromatic carbocycles. The Morgan fingerprint density at radius 1 is 1.38 bits per heavy atom. The minimum Gasteiger partial charge on any atom is -0.481 e. The molecule has 0 atom stereocenters. The van der Waals surface area contributed by atoms with Gasteiger partial charge in [-0.25, -0.2) is 4.79 Å². The molecular formula is C16H19N3O6S. The SMILES string of the molecule is O=C(O)CC1(NC(=O)CCn2nc(-c3cccs3)oc2=O)CCOCC1. The van der Waals surface area contributed by atoms with Crippen LogP contribution in [0.1, 0.15) is 25.7 Å². The quantitative estimate of drug-likeness (QED) is 0.736. The Morgan fingerprint density at radius 2 is 2.15 bits per heavy atom. The largest absolute Gasteiger partial charge is 0.481 e. The molecule has 2 aromatic rings. The van der Waals surface area contributed by atoms with Crippen molar-refractivity contribution in [1.29, 1.82) is 0 Å². The number of rotatable bonds is 7. The summed E-state index contributed by atoms with van der Waals surface area (Å²) in [6.45, 7) is 0.861. The average Bonchev–Trinajstić information content (AvgIpc) is 3.22. The van der Waals surface area contributed by atoms with Gasteiger partial charge in [0.15, 0.2) is 0 Å². The van der Waals surface area contributed by atoms with E-state index in [-0.39, 0.29) is 31.2 Å². The van der Waals surface area contributed by atoms with E-state index in [1.54, 1.807) is 6.07 Å². The average molecular weight is 381 g/mol. The third-order valence-electron chi connectivity index (χ3n) is 4.23. The van der Waals surface area contributed by atoms with Gasteiger partial charge in [-0.2, -0.15) is 4.68 Å². The first-order valence-electron chi connectivity index (χ1n) is 8.20. The Hall–Kier alpha value is -2.46. The maximum atomic E-state index is 12.3. The summed E-state index contributed by atoms with van der Waals surface area (Å²) in [4.78, 5) is 36.0. The maximum absolute atomic E-state index is 12.3. The number of carboxylic acid groups (broad SMARTS) is 1. The molecule has 9 nitrogen and oxygen atoms in total. The molecule has 0 bridgehead atoms. The lowest BCUT2D eigenvalue weighted by Crippen LogP contribution is -2.53. The highest BCUT2D eigenvalue weighted by atomic mass is 32.1. The van der Waals surface area contributed by atoms with E-state index in [1.165, 1.54) is 11.3 Å². The van der Waals surface area contributed by atoms with Crippen molar-refractivity contribution in [3.8, 4) is 10.8 Å². The molecule has 10 heteroatoms. The Kier molecular flexibility index (Phi) is 5.52. The van der Waals surface area contributed by atoms with Gasteiger partial charge >= 0.3 is 11.7 Å². The number of carbonyl (C=O) groups is 2. The predicted octanol–water partition coefficient (Wildman–Crippen LogP) is 1.09. The van der Waals surface area contributed by atoms with Crippen molar-refractivity contribution in [3.05, 3.63) is 28.1 Å². The van der Waals surface area contributed by atoms with Crippen molar-refractivity contribution < 1.29 is 23.8 Å². The highest BCUT2D eigenvalue weighted by Gasteiger charge is 2.36. The second kappa shape index (κ2) is 7.83. The molecule has 1 saturated heterocycles. The van der Waals surface area contributed by atoms with Crippen molar-refractivity contribution in [2.24, 2.45) is 0 Å². The van der Waals surface area contributed by atoms with Gasteiger partial charge in [0.05, 0.1) is 23.4 Å². The summed E-state index contributed by atoms with van der Waals surface area (Å²) in [6.07, 6.45) is 0.724. The molecule has 1 fully saturated rings.